The summed E-state index contributed by atoms with van der Waals surface area (Å²) >= 11 is 6.20. The Labute approximate surface area is 92.9 Å². The zero-order chi connectivity index (χ0) is 10.8. The van der Waals surface area contributed by atoms with E-state index in [9.17, 15) is 0 Å². The molecule has 15 heavy (non-hydrogen) atoms. The molecule has 0 N–H and O–H groups in total. The van der Waals surface area contributed by atoms with Gasteiger partial charge < -0.3 is 0 Å². The van der Waals surface area contributed by atoms with E-state index in [1.54, 1.807) is 23.3 Å². The monoisotopic (exact) mass is 222 g/mol. The highest BCUT2D eigenvalue weighted by molar-refractivity contribution is 6.30. The van der Waals surface area contributed by atoms with Crippen LogP contribution in [0.4, 0.5) is 0 Å². The number of hydrogen-bond acceptors (Lipinski definition) is 3. The molecule has 0 aliphatic carbocycles. The second kappa shape index (κ2) is 3.98. The molecular weight excluding hydrogens is 212 g/mol. The van der Waals surface area contributed by atoms with Crippen LogP contribution in [0, 0.1) is 6.92 Å². The standard InChI is InChI=1S/C10H11ClN4/c1-3-8-7(2)14-15(10(8)11)9-6-12-4-5-13-9/h4-6H,3H2,1-2H3. The highest BCUT2D eigenvalue weighted by atomic mass is 35.5. The first-order valence-electron chi connectivity index (χ1n) is 4.74. The quantitative estimate of drug-likeness (QED) is 0.783. The van der Waals surface area contributed by atoms with Gasteiger partial charge in [0.15, 0.2) is 5.82 Å². The molecule has 0 unspecified atom stereocenters. The Bertz CT molecular complexity index is 464. The Morgan fingerprint density at radius 1 is 1.40 bits per heavy atom. The molecule has 0 saturated heterocycles. The van der Waals surface area contributed by atoms with Crippen molar-refractivity contribution >= 4 is 11.6 Å². The van der Waals surface area contributed by atoms with Gasteiger partial charge in [0.2, 0.25) is 0 Å². The van der Waals surface area contributed by atoms with Crippen LogP contribution in [-0.4, -0.2) is 19.7 Å². The van der Waals surface area contributed by atoms with Crippen molar-refractivity contribution in [3.05, 3.63) is 35.0 Å². The summed E-state index contributed by atoms with van der Waals surface area (Å²) in [4.78, 5) is 8.14. The van der Waals surface area contributed by atoms with Gasteiger partial charge in [-0.05, 0) is 13.3 Å². The molecule has 5 heteroatoms. The average Bonchev–Trinajstić information content (AvgIpc) is 2.55. The number of nitrogens with zero attached hydrogens (tertiary/aromatic N) is 4. The van der Waals surface area contributed by atoms with E-state index in [0.717, 1.165) is 17.7 Å². The van der Waals surface area contributed by atoms with Crippen LogP contribution in [0.15, 0.2) is 18.6 Å². The van der Waals surface area contributed by atoms with Crippen molar-refractivity contribution in [3.63, 3.8) is 0 Å². The minimum atomic E-state index is 0.621. The fourth-order valence-corrected chi connectivity index (χ4v) is 1.88. The molecule has 0 aliphatic heterocycles. The van der Waals surface area contributed by atoms with Gasteiger partial charge in [0.1, 0.15) is 5.15 Å². The minimum absolute atomic E-state index is 0.621. The fourth-order valence-electron chi connectivity index (χ4n) is 1.49. The van der Waals surface area contributed by atoms with Crippen LogP contribution >= 0.6 is 11.6 Å². The van der Waals surface area contributed by atoms with Crippen LogP contribution < -0.4 is 0 Å². The zero-order valence-electron chi connectivity index (χ0n) is 8.61. The van der Waals surface area contributed by atoms with Gasteiger partial charge >= 0.3 is 0 Å². The zero-order valence-corrected chi connectivity index (χ0v) is 9.36. The van der Waals surface area contributed by atoms with Crippen molar-refractivity contribution in [2.45, 2.75) is 20.3 Å². The lowest BCUT2D eigenvalue weighted by Crippen LogP contribution is -2.00. The van der Waals surface area contributed by atoms with E-state index in [4.69, 9.17) is 11.6 Å². The lowest BCUT2D eigenvalue weighted by atomic mass is 10.2. The molecule has 0 bridgehead atoms. The van der Waals surface area contributed by atoms with Crippen LogP contribution in [0.1, 0.15) is 18.2 Å². The van der Waals surface area contributed by atoms with Gasteiger partial charge in [-0.1, -0.05) is 18.5 Å². The maximum absolute atomic E-state index is 6.20. The second-order valence-electron chi connectivity index (χ2n) is 3.18. The van der Waals surface area contributed by atoms with E-state index >= 15 is 0 Å². The van der Waals surface area contributed by atoms with Gasteiger partial charge in [-0.3, -0.25) is 4.98 Å². The van der Waals surface area contributed by atoms with Gasteiger partial charge in [-0.15, -0.1) is 0 Å². The van der Waals surface area contributed by atoms with E-state index in [1.165, 1.54) is 0 Å². The van der Waals surface area contributed by atoms with Crippen molar-refractivity contribution in [3.8, 4) is 5.82 Å². The van der Waals surface area contributed by atoms with E-state index < -0.39 is 0 Å². The largest absolute Gasteiger partial charge is 0.259 e. The van der Waals surface area contributed by atoms with E-state index in [2.05, 4.69) is 22.0 Å². The summed E-state index contributed by atoms with van der Waals surface area (Å²) in [7, 11) is 0. The molecule has 0 saturated carbocycles. The molecule has 0 spiro atoms. The van der Waals surface area contributed by atoms with E-state index in [1.807, 2.05) is 6.92 Å². The molecule has 2 rings (SSSR count). The summed E-state index contributed by atoms with van der Waals surface area (Å²) < 4.78 is 1.61. The molecule has 2 aromatic heterocycles. The van der Waals surface area contributed by atoms with E-state index in [0.29, 0.717) is 11.0 Å². The molecule has 0 fully saturated rings. The molecule has 0 aliphatic rings. The molecular formula is C10H11ClN4. The number of aromatic nitrogens is 4. The number of hydrogen-bond donors (Lipinski definition) is 0. The summed E-state index contributed by atoms with van der Waals surface area (Å²) in [5.74, 6) is 0.644. The Balaban J connectivity index is 2.55. The van der Waals surface area contributed by atoms with Gasteiger partial charge in [0.25, 0.3) is 0 Å². The normalized spacial score (nSPS) is 10.6. The molecule has 0 amide bonds. The van der Waals surface area contributed by atoms with Crippen molar-refractivity contribution in [2.24, 2.45) is 0 Å². The van der Waals surface area contributed by atoms with Crippen molar-refractivity contribution in [1.82, 2.24) is 19.7 Å². The second-order valence-corrected chi connectivity index (χ2v) is 3.54. The lowest BCUT2D eigenvalue weighted by Gasteiger charge is -2.00. The molecule has 2 aromatic rings. The Morgan fingerprint density at radius 2 is 2.20 bits per heavy atom. The molecule has 0 aromatic carbocycles. The fraction of sp³-hybridized carbons (Fsp3) is 0.300. The molecule has 2 heterocycles. The summed E-state index contributed by atoms with van der Waals surface area (Å²) in [6.07, 6.45) is 5.74. The predicted octanol–water partition coefficient (Wildman–Crippen LogP) is 2.19. The van der Waals surface area contributed by atoms with Crippen LogP contribution in [0.2, 0.25) is 5.15 Å². The van der Waals surface area contributed by atoms with Crippen molar-refractivity contribution in [2.75, 3.05) is 0 Å². The third-order valence-electron chi connectivity index (χ3n) is 2.24. The average molecular weight is 223 g/mol. The Kier molecular flexibility index (Phi) is 2.68. The smallest absolute Gasteiger partial charge is 0.173 e. The van der Waals surface area contributed by atoms with Crippen molar-refractivity contribution < 1.29 is 0 Å². The minimum Gasteiger partial charge on any atom is -0.259 e. The van der Waals surface area contributed by atoms with Crippen LogP contribution in [0.25, 0.3) is 5.82 Å². The van der Waals surface area contributed by atoms with Gasteiger partial charge in [0.05, 0.1) is 11.9 Å². The van der Waals surface area contributed by atoms with Gasteiger partial charge in [-0.2, -0.15) is 5.10 Å². The first-order valence-corrected chi connectivity index (χ1v) is 5.12. The van der Waals surface area contributed by atoms with Crippen LogP contribution in [0.3, 0.4) is 0 Å². The number of rotatable bonds is 2. The third-order valence-corrected chi connectivity index (χ3v) is 2.63. The summed E-state index contributed by atoms with van der Waals surface area (Å²) in [6, 6.07) is 0. The first kappa shape index (κ1) is 10.1. The topological polar surface area (TPSA) is 43.6 Å². The van der Waals surface area contributed by atoms with Crippen molar-refractivity contribution in [1.29, 1.82) is 0 Å². The van der Waals surface area contributed by atoms with E-state index in [-0.39, 0.29) is 0 Å². The molecule has 78 valence electrons. The van der Waals surface area contributed by atoms with Crippen LogP contribution in [0.5, 0.6) is 0 Å². The molecule has 4 nitrogen and oxygen atoms in total. The predicted molar refractivity (Wildman–Crippen MR) is 58.3 cm³/mol. The van der Waals surface area contributed by atoms with Gasteiger partial charge in [-0.25, -0.2) is 9.67 Å². The number of aryl methyl sites for hydroxylation is 1. The van der Waals surface area contributed by atoms with Crippen LogP contribution in [-0.2, 0) is 6.42 Å². The summed E-state index contributed by atoms with van der Waals surface area (Å²) in [5, 5.41) is 4.95. The highest BCUT2D eigenvalue weighted by Gasteiger charge is 2.13. The Hall–Kier alpha value is -1.42. The number of halogens is 1. The Morgan fingerprint density at radius 3 is 2.73 bits per heavy atom. The summed E-state index contributed by atoms with van der Waals surface area (Å²) in [6.45, 7) is 3.99. The highest BCUT2D eigenvalue weighted by Crippen LogP contribution is 2.22. The molecule has 0 atom stereocenters. The maximum atomic E-state index is 6.20. The van der Waals surface area contributed by atoms with Gasteiger partial charge in [0, 0.05) is 18.0 Å². The lowest BCUT2D eigenvalue weighted by molar-refractivity contribution is 0.825. The SMILES string of the molecule is CCc1c(C)nn(-c2cnccn2)c1Cl. The third kappa shape index (κ3) is 1.72. The first-order chi connectivity index (χ1) is 7.24. The summed E-state index contributed by atoms with van der Waals surface area (Å²) in [5.41, 5.74) is 2.00. The molecule has 0 radical (unpaired) electrons. The maximum Gasteiger partial charge on any atom is 0.173 e.